The van der Waals surface area contributed by atoms with Crippen LogP contribution in [0.5, 0.6) is 0 Å². The number of carbonyl (C=O) groups excluding carboxylic acids is 1. The molecule has 3 rings (SSSR count). The Morgan fingerprint density at radius 3 is 2.32 bits per heavy atom. The van der Waals surface area contributed by atoms with Gasteiger partial charge >= 0.3 is 0 Å². The number of nitrogens with zero attached hydrogens (tertiary/aromatic N) is 3. The van der Waals surface area contributed by atoms with Crippen molar-refractivity contribution >= 4 is 17.3 Å². The normalized spacial score (nSPS) is 17.1. The summed E-state index contributed by atoms with van der Waals surface area (Å²) in [7, 11) is 0. The first-order chi connectivity index (χ1) is 13.4. The molecular formula is C20H23FN4O3. The van der Waals surface area contributed by atoms with Gasteiger partial charge in [0.25, 0.3) is 5.69 Å². The van der Waals surface area contributed by atoms with Crippen LogP contribution in [0.2, 0.25) is 0 Å². The molecule has 7 nitrogen and oxygen atoms in total. The molecular weight excluding hydrogens is 363 g/mol. The molecule has 1 aliphatic heterocycles. The number of nitrogens with two attached hydrogens (primary N) is 1. The minimum absolute atomic E-state index is 0.275. The van der Waals surface area contributed by atoms with E-state index in [1.54, 1.807) is 0 Å². The summed E-state index contributed by atoms with van der Waals surface area (Å²) in [5.41, 5.74) is 5.82. The van der Waals surface area contributed by atoms with Crippen LogP contribution in [0.1, 0.15) is 18.9 Å². The van der Waals surface area contributed by atoms with E-state index >= 15 is 0 Å². The van der Waals surface area contributed by atoms with E-state index in [9.17, 15) is 19.3 Å². The number of nitro benzene ring substituents is 1. The molecule has 0 saturated carbocycles. The van der Waals surface area contributed by atoms with Gasteiger partial charge in [-0.15, -0.1) is 0 Å². The summed E-state index contributed by atoms with van der Waals surface area (Å²) in [6.45, 7) is 3.93. The topological polar surface area (TPSA) is 92.7 Å². The molecule has 0 aromatic heterocycles. The lowest BCUT2D eigenvalue weighted by Gasteiger charge is -2.46. The smallest absolute Gasteiger partial charge is 0.272 e. The highest BCUT2D eigenvalue weighted by atomic mass is 19.1. The van der Waals surface area contributed by atoms with Gasteiger partial charge < -0.3 is 10.6 Å². The molecule has 1 saturated heterocycles. The van der Waals surface area contributed by atoms with Gasteiger partial charge in [-0.25, -0.2) is 4.39 Å². The first-order valence-corrected chi connectivity index (χ1v) is 9.19. The summed E-state index contributed by atoms with van der Waals surface area (Å²) in [6, 6.07) is 13.1. The van der Waals surface area contributed by atoms with Gasteiger partial charge in [-0.05, 0) is 18.1 Å². The SMILES string of the molecule is CCC(C(N)=O)(c1ccccc1)N1CCN(c2ccc([N+](=O)[O-])cc2F)CC1. The Kier molecular flexibility index (Phi) is 5.60. The quantitative estimate of drug-likeness (QED) is 0.609. The highest BCUT2D eigenvalue weighted by Gasteiger charge is 2.43. The zero-order valence-electron chi connectivity index (χ0n) is 15.7. The predicted octanol–water partition coefficient (Wildman–Crippen LogP) is 2.65. The van der Waals surface area contributed by atoms with Crippen LogP contribution in [-0.4, -0.2) is 41.9 Å². The van der Waals surface area contributed by atoms with Gasteiger partial charge in [0.2, 0.25) is 5.91 Å². The van der Waals surface area contributed by atoms with E-state index in [1.165, 1.54) is 12.1 Å². The maximum Gasteiger partial charge on any atom is 0.272 e. The summed E-state index contributed by atoms with van der Waals surface area (Å²) in [5, 5.41) is 10.8. The van der Waals surface area contributed by atoms with Crippen LogP contribution in [-0.2, 0) is 10.3 Å². The van der Waals surface area contributed by atoms with Crippen molar-refractivity contribution in [2.24, 2.45) is 5.73 Å². The summed E-state index contributed by atoms with van der Waals surface area (Å²) in [6.07, 6.45) is 0.526. The van der Waals surface area contributed by atoms with Crippen LogP contribution in [0.4, 0.5) is 15.8 Å². The summed E-state index contributed by atoms with van der Waals surface area (Å²) in [4.78, 5) is 26.6. The summed E-state index contributed by atoms with van der Waals surface area (Å²) >= 11 is 0. The molecule has 148 valence electrons. The molecule has 2 aromatic rings. The Bertz CT molecular complexity index is 869. The van der Waals surface area contributed by atoms with Crippen molar-refractivity contribution in [3.05, 3.63) is 70.0 Å². The summed E-state index contributed by atoms with van der Waals surface area (Å²) < 4.78 is 14.4. The van der Waals surface area contributed by atoms with Crippen molar-refractivity contribution in [2.45, 2.75) is 18.9 Å². The molecule has 0 bridgehead atoms. The average Bonchev–Trinajstić information content (AvgIpc) is 2.70. The van der Waals surface area contributed by atoms with Crippen molar-refractivity contribution in [2.75, 3.05) is 31.1 Å². The van der Waals surface area contributed by atoms with Crippen molar-refractivity contribution in [3.8, 4) is 0 Å². The van der Waals surface area contributed by atoms with Crippen LogP contribution in [0.25, 0.3) is 0 Å². The third-order valence-corrected chi connectivity index (χ3v) is 5.47. The number of benzene rings is 2. The number of halogens is 1. The van der Waals surface area contributed by atoms with Crippen LogP contribution in [0, 0.1) is 15.9 Å². The highest BCUT2D eigenvalue weighted by Crippen LogP contribution is 2.34. The zero-order chi connectivity index (χ0) is 20.3. The standard InChI is InChI=1S/C20H23FN4O3/c1-2-20(19(22)26,15-6-4-3-5-7-15)24-12-10-23(11-13-24)18-9-8-16(25(27)28)14-17(18)21/h3-9,14H,2,10-13H2,1H3,(H2,22,26). The van der Waals surface area contributed by atoms with E-state index in [-0.39, 0.29) is 5.69 Å². The number of piperazine rings is 1. The number of carbonyl (C=O) groups is 1. The minimum atomic E-state index is -0.915. The van der Waals surface area contributed by atoms with Crippen LogP contribution in [0.3, 0.4) is 0 Å². The minimum Gasteiger partial charge on any atom is -0.368 e. The Morgan fingerprint density at radius 2 is 1.82 bits per heavy atom. The number of anilines is 1. The average molecular weight is 386 g/mol. The van der Waals surface area contributed by atoms with Gasteiger partial charge in [-0.2, -0.15) is 0 Å². The van der Waals surface area contributed by atoms with Gasteiger partial charge in [-0.1, -0.05) is 37.3 Å². The van der Waals surface area contributed by atoms with E-state index < -0.39 is 22.2 Å². The van der Waals surface area contributed by atoms with Crippen molar-refractivity contribution in [3.63, 3.8) is 0 Å². The van der Waals surface area contributed by atoms with E-state index in [2.05, 4.69) is 0 Å². The second-order valence-electron chi connectivity index (χ2n) is 6.81. The molecule has 28 heavy (non-hydrogen) atoms. The van der Waals surface area contributed by atoms with Gasteiger partial charge in [0.1, 0.15) is 5.54 Å². The van der Waals surface area contributed by atoms with Crippen LogP contribution >= 0.6 is 0 Å². The van der Waals surface area contributed by atoms with Gasteiger partial charge in [0, 0.05) is 32.2 Å². The molecule has 1 amide bonds. The highest BCUT2D eigenvalue weighted by molar-refractivity contribution is 5.86. The maximum atomic E-state index is 14.4. The fourth-order valence-corrected chi connectivity index (χ4v) is 3.99. The van der Waals surface area contributed by atoms with E-state index in [1.807, 2.05) is 47.1 Å². The Hall–Kier alpha value is -3.00. The van der Waals surface area contributed by atoms with Crippen LogP contribution in [0.15, 0.2) is 48.5 Å². The molecule has 1 atom stereocenters. The molecule has 0 radical (unpaired) electrons. The molecule has 2 aromatic carbocycles. The lowest BCUT2D eigenvalue weighted by Crippen LogP contribution is -2.60. The third-order valence-electron chi connectivity index (χ3n) is 5.47. The maximum absolute atomic E-state index is 14.4. The Balaban J connectivity index is 1.82. The van der Waals surface area contributed by atoms with Crippen LogP contribution < -0.4 is 10.6 Å². The molecule has 0 spiro atoms. The number of primary amides is 1. The number of non-ortho nitro benzene ring substituents is 1. The number of hydrogen-bond acceptors (Lipinski definition) is 5. The van der Waals surface area contributed by atoms with Crippen molar-refractivity contribution in [1.82, 2.24) is 4.90 Å². The van der Waals surface area contributed by atoms with Gasteiger partial charge in [-0.3, -0.25) is 19.8 Å². The molecule has 0 aliphatic carbocycles. The molecule has 1 aliphatic rings. The van der Waals surface area contributed by atoms with Gasteiger partial charge in [0.05, 0.1) is 16.7 Å². The fourth-order valence-electron chi connectivity index (χ4n) is 3.99. The predicted molar refractivity (Wildman–Crippen MR) is 104 cm³/mol. The number of nitro groups is 1. The van der Waals surface area contributed by atoms with E-state index in [0.717, 1.165) is 11.6 Å². The number of rotatable bonds is 6. The lowest BCUT2D eigenvalue weighted by molar-refractivity contribution is -0.385. The molecule has 1 heterocycles. The Labute approximate surface area is 162 Å². The third kappa shape index (κ3) is 3.43. The lowest BCUT2D eigenvalue weighted by atomic mass is 9.84. The molecule has 8 heteroatoms. The number of amides is 1. The zero-order valence-corrected chi connectivity index (χ0v) is 15.7. The fraction of sp³-hybridized carbons (Fsp3) is 0.350. The van der Waals surface area contributed by atoms with E-state index in [0.29, 0.717) is 38.3 Å². The molecule has 1 unspecified atom stereocenters. The number of hydrogen-bond donors (Lipinski definition) is 1. The first-order valence-electron chi connectivity index (χ1n) is 9.19. The van der Waals surface area contributed by atoms with E-state index in [4.69, 9.17) is 5.73 Å². The molecule has 2 N–H and O–H groups in total. The van der Waals surface area contributed by atoms with Crippen molar-refractivity contribution in [1.29, 1.82) is 0 Å². The first kappa shape index (κ1) is 19.8. The summed E-state index contributed by atoms with van der Waals surface area (Å²) in [5.74, 6) is -1.03. The second kappa shape index (κ2) is 7.93. The van der Waals surface area contributed by atoms with Crippen molar-refractivity contribution < 1.29 is 14.1 Å². The monoisotopic (exact) mass is 386 g/mol. The largest absolute Gasteiger partial charge is 0.368 e. The van der Waals surface area contributed by atoms with Gasteiger partial charge in [0.15, 0.2) is 5.82 Å². The Morgan fingerprint density at radius 1 is 1.18 bits per heavy atom. The molecule has 1 fully saturated rings. The second-order valence-corrected chi connectivity index (χ2v) is 6.81.